The molecule has 112 valence electrons. The normalized spacial score (nSPS) is 18.0. The Morgan fingerprint density at radius 3 is 2.37 bits per heavy atom. The third kappa shape index (κ3) is 7.09. The van der Waals surface area contributed by atoms with Crippen LogP contribution in [0.25, 0.3) is 0 Å². The first kappa shape index (κ1) is 16.7. The van der Waals surface area contributed by atoms with Gasteiger partial charge in [-0.2, -0.15) is 0 Å². The number of rotatable bonds is 11. The molecule has 0 bridgehead atoms. The van der Waals surface area contributed by atoms with Crippen molar-refractivity contribution in [3.8, 4) is 0 Å². The monoisotopic (exact) mass is 288 g/mol. The van der Waals surface area contributed by atoms with Crippen molar-refractivity contribution in [2.24, 2.45) is 5.41 Å². The lowest BCUT2D eigenvalue weighted by Crippen LogP contribution is -2.19. The summed E-state index contributed by atoms with van der Waals surface area (Å²) in [5, 5.41) is 0. The summed E-state index contributed by atoms with van der Waals surface area (Å²) in [5.74, 6) is 1.33. The van der Waals surface area contributed by atoms with Gasteiger partial charge in [-0.3, -0.25) is 9.00 Å². The Kier molecular flexibility index (Phi) is 7.66. The van der Waals surface area contributed by atoms with Gasteiger partial charge in [0.2, 0.25) is 0 Å². The predicted octanol–water partition coefficient (Wildman–Crippen LogP) is 3.44. The number of ether oxygens (including phenoxy) is 1. The van der Waals surface area contributed by atoms with Crippen molar-refractivity contribution in [3.63, 3.8) is 0 Å². The first-order valence-corrected chi connectivity index (χ1v) is 9.02. The van der Waals surface area contributed by atoms with Crippen LogP contribution in [0.1, 0.15) is 64.7 Å². The van der Waals surface area contributed by atoms with Crippen LogP contribution in [0.4, 0.5) is 0 Å². The average molecular weight is 288 g/mol. The number of esters is 1. The third-order valence-electron chi connectivity index (χ3n) is 3.90. The minimum absolute atomic E-state index is 0.0141. The maximum absolute atomic E-state index is 12.0. The summed E-state index contributed by atoms with van der Waals surface area (Å²) in [4.78, 5) is 11.3. The highest BCUT2D eigenvalue weighted by atomic mass is 32.2. The van der Waals surface area contributed by atoms with Crippen LogP contribution in [0.15, 0.2) is 0 Å². The maximum Gasteiger partial charge on any atom is 0.306 e. The van der Waals surface area contributed by atoms with Gasteiger partial charge in [0.05, 0.1) is 13.5 Å². The second-order valence-corrected chi connectivity index (χ2v) is 7.39. The second-order valence-electron chi connectivity index (χ2n) is 5.81. The number of hydrogen-bond donors (Lipinski definition) is 0. The van der Waals surface area contributed by atoms with Crippen LogP contribution in [0.2, 0.25) is 0 Å². The van der Waals surface area contributed by atoms with Crippen LogP contribution in [-0.2, 0) is 20.3 Å². The molecular weight excluding hydrogens is 260 g/mol. The molecular formula is C15H28O3S. The number of hydrogen-bond acceptors (Lipinski definition) is 3. The van der Waals surface area contributed by atoms with Gasteiger partial charge >= 0.3 is 5.97 Å². The maximum atomic E-state index is 12.0. The molecule has 4 heteroatoms. The van der Waals surface area contributed by atoms with E-state index in [4.69, 9.17) is 4.74 Å². The molecule has 0 aromatic heterocycles. The molecule has 19 heavy (non-hydrogen) atoms. The zero-order valence-electron chi connectivity index (χ0n) is 12.4. The van der Waals surface area contributed by atoms with Crippen molar-refractivity contribution in [2.45, 2.75) is 64.7 Å². The van der Waals surface area contributed by atoms with Crippen molar-refractivity contribution >= 4 is 16.8 Å². The van der Waals surface area contributed by atoms with Gasteiger partial charge in [-0.1, -0.05) is 39.0 Å². The topological polar surface area (TPSA) is 43.4 Å². The Morgan fingerprint density at radius 2 is 1.79 bits per heavy atom. The Bertz CT molecular complexity index is 298. The van der Waals surface area contributed by atoms with Crippen molar-refractivity contribution in [2.75, 3.05) is 18.6 Å². The summed E-state index contributed by atoms with van der Waals surface area (Å²) in [6.07, 6.45) is 9.90. The van der Waals surface area contributed by atoms with Gasteiger partial charge in [0.25, 0.3) is 0 Å². The van der Waals surface area contributed by atoms with Crippen LogP contribution in [0, 0.1) is 5.41 Å². The van der Waals surface area contributed by atoms with E-state index in [0.717, 1.165) is 25.0 Å². The van der Waals surface area contributed by atoms with E-state index in [0.29, 0.717) is 12.2 Å². The first-order valence-electron chi connectivity index (χ1n) is 7.54. The van der Waals surface area contributed by atoms with Crippen molar-refractivity contribution in [1.29, 1.82) is 0 Å². The Labute approximate surface area is 119 Å². The van der Waals surface area contributed by atoms with E-state index < -0.39 is 10.8 Å². The lowest BCUT2D eigenvalue weighted by atomic mass is 10.1. The van der Waals surface area contributed by atoms with Gasteiger partial charge < -0.3 is 4.74 Å². The van der Waals surface area contributed by atoms with Crippen molar-refractivity contribution in [1.82, 2.24) is 0 Å². The molecule has 0 radical (unpaired) electrons. The van der Waals surface area contributed by atoms with E-state index in [1.54, 1.807) is 0 Å². The average Bonchev–Trinajstić information content (AvgIpc) is 3.12. The molecule has 1 fully saturated rings. The minimum atomic E-state index is -0.760. The highest BCUT2D eigenvalue weighted by Gasteiger charge is 2.45. The summed E-state index contributed by atoms with van der Waals surface area (Å²) in [7, 11) is 0.662. The van der Waals surface area contributed by atoms with Crippen LogP contribution in [0.3, 0.4) is 0 Å². The quantitative estimate of drug-likeness (QED) is 0.432. The molecule has 0 amide bonds. The van der Waals surface area contributed by atoms with Crippen LogP contribution < -0.4 is 0 Å². The van der Waals surface area contributed by atoms with Gasteiger partial charge in [-0.05, 0) is 24.7 Å². The Hall–Kier alpha value is -0.380. The number of unbranched alkanes of at least 4 members (excludes halogenated alkanes) is 5. The van der Waals surface area contributed by atoms with E-state index in [1.807, 2.05) is 0 Å². The number of carbonyl (C=O) groups excluding carboxylic acids is 1. The largest absolute Gasteiger partial charge is 0.469 e. The molecule has 0 aromatic rings. The predicted molar refractivity (Wildman–Crippen MR) is 79.6 cm³/mol. The van der Waals surface area contributed by atoms with Gasteiger partial charge in [-0.25, -0.2) is 0 Å². The summed E-state index contributed by atoms with van der Waals surface area (Å²) in [5.41, 5.74) is 0.0141. The fourth-order valence-electron chi connectivity index (χ4n) is 2.38. The van der Waals surface area contributed by atoms with Crippen molar-refractivity contribution < 1.29 is 13.7 Å². The molecule has 0 spiro atoms. The lowest BCUT2D eigenvalue weighted by molar-refractivity contribution is -0.141. The van der Waals surface area contributed by atoms with E-state index in [1.165, 1.54) is 39.2 Å². The van der Waals surface area contributed by atoms with Gasteiger partial charge in [0.1, 0.15) is 0 Å². The van der Waals surface area contributed by atoms with E-state index in [-0.39, 0.29) is 11.4 Å². The molecule has 0 heterocycles. The SMILES string of the molecule is CCCCCCCCS(=O)CC1(CC(=O)OC)CC1. The van der Waals surface area contributed by atoms with Gasteiger partial charge in [-0.15, -0.1) is 0 Å². The molecule has 1 aliphatic rings. The highest BCUT2D eigenvalue weighted by Crippen LogP contribution is 2.49. The Balaban J connectivity index is 2.09. The molecule has 1 aliphatic carbocycles. The van der Waals surface area contributed by atoms with Crippen molar-refractivity contribution in [3.05, 3.63) is 0 Å². The molecule has 1 rings (SSSR count). The summed E-state index contributed by atoms with van der Waals surface area (Å²) in [6, 6.07) is 0. The Morgan fingerprint density at radius 1 is 1.16 bits per heavy atom. The summed E-state index contributed by atoms with van der Waals surface area (Å²) < 4.78 is 16.7. The molecule has 0 aliphatic heterocycles. The minimum Gasteiger partial charge on any atom is -0.469 e. The zero-order valence-corrected chi connectivity index (χ0v) is 13.2. The lowest BCUT2D eigenvalue weighted by Gasteiger charge is -2.13. The first-order chi connectivity index (χ1) is 9.12. The highest BCUT2D eigenvalue weighted by molar-refractivity contribution is 7.85. The third-order valence-corrected chi connectivity index (χ3v) is 5.58. The van der Waals surface area contributed by atoms with Crippen LogP contribution in [0.5, 0.6) is 0 Å². The number of methoxy groups -OCH3 is 1. The fourth-order valence-corrected chi connectivity index (χ4v) is 4.13. The van der Waals surface area contributed by atoms with E-state index >= 15 is 0 Å². The zero-order chi connectivity index (χ0) is 14.1. The molecule has 0 saturated heterocycles. The molecule has 1 atom stereocenters. The van der Waals surface area contributed by atoms with Crippen LogP contribution >= 0.6 is 0 Å². The summed E-state index contributed by atoms with van der Waals surface area (Å²) >= 11 is 0. The molecule has 1 saturated carbocycles. The summed E-state index contributed by atoms with van der Waals surface area (Å²) in [6.45, 7) is 2.21. The van der Waals surface area contributed by atoms with E-state index in [2.05, 4.69) is 6.92 Å². The van der Waals surface area contributed by atoms with Crippen LogP contribution in [-0.4, -0.2) is 28.8 Å². The second kappa shape index (κ2) is 8.72. The molecule has 3 nitrogen and oxygen atoms in total. The van der Waals surface area contributed by atoms with Gasteiger partial charge in [0, 0.05) is 22.3 Å². The fraction of sp³-hybridized carbons (Fsp3) is 0.933. The molecule has 1 unspecified atom stereocenters. The van der Waals surface area contributed by atoms with Gasteiger partial charge in [0.15, 0.2) is 0 Å². The molecule has 0 aromatic carbocycles. The number of carbonyl (C=O) groups is 1. The smallest absolute Gasteiger partial charge is 0.306 e. The van der Waals surface area contributed by atoms with E-state index in [9.17, 15) is 9.00 Å². The molecule has 0 N–H and O–H groups in total. The standard InChI is InChI=1S/C15H28O3S/c1-3-4-5-6-7-8-11-19(17)13-15(9-10-15)12-14(16)18-2/h3-13H2,1-2H3.